The van der Waals surface area contributed by atoms with Crippen LogP contribution in [0.15, 0.2) is 59.4 Å². The van der Waals surface area contributed by atoms with Crippen molar-refractivity contribution in [2.24, 2.45) is 0 Å². The highest BCUT2D eigenvalue weighted by Crippen LogP contribution is 2.19. The number of rotatable bonds is 6. The number of amides is 1. The summed E-state index contributed by atoms with van der Waals surface area (Å²) in [7, 11) is 0. The molecule has 162 valence electrons. The maximum absolute atomic E-state index is 14.1. The molecule has 0 aliphatic heterocycles. The van der Waals surface area contributed by atoms with Crippen LogP contribution in [-0.2, 0) is 6.54 Å². The molecule has 3 rings (SSSR count). The van der Waals surface area contributed by atoms with Crippen molar-refractivity contribution in [3.63, 3.8) is 0 Å². The van der Waals surface area contributed by atoms with E-state index in [0.29, 0.717) is 11.3 Å². The molecule has 2 aromatic carbocycles. The first-order valence-electron chi connectivity index (χ1n) is 9.06. The molecule has 0 aliphatic rings. The van der Waals surface area contributed by atoms with Crippen LogP contribution in [0.4, 0.5) is 17.6 Å². The van der Waals surface area contributed by atoms with Crippen LogP contribution >= 0.6 is 0 Å². The van der Waals surface area contributed by atoms with Crippen molar-refractivity contribution >= 4 is 5.91 Å². The van der Waals surface area contributed by atoms with Gasteiger partial charge in [0.25, 0.3) is 5.91 Å². The monoisotopic (exact) mass is 435 g/mol. The lowest BCUT2D eigenvalue weighted by Gasteiger charge is -2.12. The van der Waals surface area contributed by atoms with Crippen molar-refractivity contribution in [1.82, 2.24) is 15.1 Å². The summed E-state index contributed by atoms with van der Waals surface area (Å²) in [6.07, 6.45) is -4.44. The molecule has 31 heavy (non-hydrogen) atoms. The second kappa shape index (κ2) is 8.99. The Labute approximate surface area is 174 Å². The van der Waals surface area contributed by atoms with Gasteiger partial charge in [-0.15, -0.1) is 0 Å². The highest BCUT2D eigenvalue weighted by Gasteiger charge is 2.28. The van der Waals surface area contributed by atoms with Crippen LogP contribution in [0.1, 0.15) is 21.7 Å². The van der Waals surface area contributed by atoms with Crippen molar-refractivity contribution in [3.8, 4) is 11.4 Å². The Morgan fingerprint density at radius 3 is 2.45 bits per heavy atom. The van der Waals surface area contributed by atoms with E-state index in [1.165, 1.54) is 53.2 Å². The van der Waals surface area contributed by atoms with Gasteiger partial charge in [-0.05, 0) is 36.8 Å². The fourth-order valence-electron chi connectivity index (χ4n) is 2.71. The Balaban J connectivity index is 1.72. The third-order valence-electron chi connectivity index (χ3n) is 4.18. The van der Waals surface area contributed by atoms with E-state index in [1.54, 1.807) is 13.0 Å². The Kier molecular flexibility index (Phi) is 6.38. The average molecular weight is 435 g/mol. The molecule has 0 bridgehead atoms. The molecular weight excluding hydrogens is 418 g/mol. The van der Waals surface area contributed by atoms with Crippen molar-refractivity contribution in [3.05, 3.63) is 87.6 Å². The van der Waals surface area contributed by atoms with E-state index < -0.39 is 35.6 Å². The van der Waals surface area contributed by atoms with Crippen LogP contribution in [0.3, 0.4) is 0 Å². The minimum Gasteiger partial charge on any atom is -0.484 e. The van der Waals surface area contributed by atoms with Gasteiger partial charge in [-0.1, -0.05) is 24.3 Å². The van der Waals surface area contributed by atoms with Gasteiger partial charge >= 0.3 is 6.18 Å². The van der Waals surface area contributed by atoms with Crippen LogP contribution in [-0.4, -0.2) is 28.5 Å². The normalized spacial score (nSPS) is 11.3. The number of aryl methyl sites for hydroxylation is 1. The number of para-hydroxylation sites is 1. The molecule has 1 aromatic heterocycles. The zero-order valence-electron chi connectivity index (χ0n) is 16.2. The summed E-state index contributed by atoms with van der Waals surface area (Å²) >= 11 is 0. The molecule has 1 heterocycles. The van der Waals surface area contributed by atoms with Crippen molar-refractivity contribution in [2.45, 2.75) is 19.6 Å². The first-order valence-corrected chi connectivity index (χ1v) is 9.06. The predicted molar refractivity (Wildman–Crippen MR) is 104 cm³/mol. The number of alkyl halides is 3. The number of aromatic nitrogens is 2. The topological polar surface area (TPSA) is 73.2 Å². The number of benzene rings is 2. The van der Waals surface area contributed by atoms with Gasteiger partial charge in [-0.2, -0.15) is 18.3 Å². The Bertz CT molecular complexity index is 1140. The lowest BCUT2D eigenvalue weighted by molar-refractivity contribution is -0.153. The summed E-state index contributed by atoms with van der Waals surface area (Å²) in [5, 5.41) is 6.52. The van der Waals surface area contributed by atoms with Gasteiger partial charge in [-0.25, -0.2) is 9.07 Å². The zero-order valence-corrected chi connectivity index (χ0v) is 16.2. The van der Waals surface area contributed by atoms with Crippen LogP contribution in [0.2, 0.25) is 0 Å². The van der Waals surface area contributed by atoms with Crippen LogP contribution in [0.25, 0.3) is 5.69 Å². The molecule has 0 saturated carbocycles. The van der Waals surface area contributed by atoms with E-state index in [2.05, 4.69) is 15.2 Å². The Hall–Kier alpha value is -3.69. The van der Waals surface area contributed by atoms with Gasteiger partial charge in [0.15, 0.2) is 12.3 Å². The molecule has 1 amide bonds. The SMILES string of the molecule is Cc1cc(=O)c(C(=O)NCc2ccc(OCC(F)(F)F)cc2)nn1-c1ccccc1F. The lowest BCUT2D eigenvalue weighted by atomic mass is 10.2. The molecule has 0 fully saturated rings. The maximum atomic E-state index is 14.1. The summed E-state index contributed by atoms with van der Waals surface area (Å²) in [4.78, 5) is 24.7. The van der Waals surface area contributed by atoms with Gasteiger partial charge in [0, 0.05) is 18.3 Å². The Morgan fingerprint density at radius 2 is 1.81 bits per heavy atom. The number of carbonyl (C=O) groups is 1. The van der Waals surface area contributed by atoms with Gasteiger partial charge in [0.05, 0.1) is 0 Å². The highest BCUT2D eigenvalue weighted by molar-refractivity contribution is 5.92. The van der Waals surface area contributed by atoms with Gasteiger partial charge in [0.1, 0.15) is 17.3 Å². The molecule has 0 unspecified atom stereocenters. The van der Waals surface area contributed by atoms with Crippen molar-refractivity contribution in [1.29, 1.82) is 0 Å². The van der Waals surface area contributed by atoms with E-state index in [-0.39, 0.29) is 18.0 Å². The van der Waals surface area contributed by atoms with Crippen LogP contribution < -0.4 is 15.5 Å². The molecule has 0 atom stereocenters. The number of ether oxygens (including phenoxy) is 1. The maximum Gasteiger partial charge on any atom is 0.422 e. The van der Waals surface area contributed by atoms with Gasteiger partial charge in [0.2, 0.25) is 5.43 Å². The van der Waals surface area contributed by atoms with Crippen molar-refractivity contribution in [2.75, 3.05) is 6.61 Å². The third kappa shape index (κ3) is 5.68. The highest BCUT2D eigenvalue weighted by atomic mass is 19.4. The quantitative estimate of drug-likeness (QED) is 0.601. The summed E-state index contributed by atoms with van der Waals surface area (Å²) in [6.45, 7) is 0.147. The van der Waals surface area contributed by atoms with E-state index in [1.807, 2.05) is 0 Å². The molecule has 0 radical (unpaired) electrons. The Morgan fingerprint density at radius 1 is 1.13 bits per heavy atom. The van der Waals surface area contributed by atoms with E-state index in [4.69, 9.17) is 0 Å². The number of hydrogen-bond acceptors (Lipinski definition) is 4. The number of halogens is 4. The van der Waals surface area contributed by atoms with Gasteiger partial charge < -0.3 is 10.1 Å². The van der Waals surface area contributed by atoms with Crippen LogP contribution in [0.5, 0.6) is 5.75 Å². The van der Waals surface area contributed by atoms with E-state index in [9.17, 15) is 27.2 Å². The summed E-state index contributed by atoms with van der Waals surface area (Å²) in [5.41, 5.74) is -0.0451. The van der Waals surface area contributed by atoms with E-state index in [0.717, 1.165) is 0 Å². The summed E-state index contributed by atoms with van der Waals surface area (Å²) in [5.74, 6) is -1.31. The molecule has 1 N–H and O–H groups in total. The molecule has 10 heteroatoms. The largest absolute Gasteiger partial charge is 0.484 e. The second-order valence-electron chi connectivity index (χ2n) is 6.59. The van der Waals surface area contributed by atoms with Crippen LogP contribution in [0, 0.1) is 12.7 Å². The fraction of sp³-hybridized carbons (Fsp3) is 0.190. The third-order valence-corrected chi connectivity index (χ3v) is 4.18. The first-order chi connectivity index (χ1) is 14.6. The molecule has 6 nitrogen and oxygen atoms in total. The predicted octanol–water partition coefficient (Wildman–Crippen LogP) is 3.55. The smallest absolute Gasteiger partial charge is 0.422 e. The fourth-order valence-corrected chi connectivity index (χ4v) is 2.71. The summed E-state index contributed by atoms with van der Waals surface area (Å²) < 4.78 is 56.4. The number of nitrogens with zero attached hydrogens (tertiary/aromatic N) is 2. The number of nitrogens with one attached hydrogen (secondary N) is 1. The minimum atomic E-state index is -4.44. The molecule has 3 aromatic rings. The van der Waals surface area contributed by atoms with E-state index >= 15 is 0 Å². The number of hydrogen-bond donors (Lipinski definition) is 1. The average Bonchev–Trinajstić information content (AvgIpc) is 2.71. The standard InChI is InChI=1S/C21H17F4N3O3/c1-13-10-18(29)19(27-28(13)17-5-3-2-4-16(17)22)20(30)26-11-14-6-8-15(9-7-14)31-12-21(23,24)25/h2-10H,11-12H2,1H3,(H,26,30). The summed E-state index contributed by atoms with van der Waals surface area (Å²) in [6, 6.07) is 12.6. The van der Waals surface area contributed by atoms with Gasteiger partial charge in [-0.3, -0.25) is 9.59 Å². The minimum absolute atomic E-state index is 0.00687. The van der Waals surface area contributed by atoms with Crippen molar-refractivity contribution < 1.29 is 27.1 Å². The zero-order chi connectivity index (χ0) is 22.6. The second-order valence-corrected chi connectivity index (χ2v) is 6.59. The molecule has 0 aliphatic carbocycles. The molecular formula is C21H17F4N3O3. The first kappa shape index (κ1) is 22.0. The molecule has 0 saturated heterocycles. The molecule has 0 spiro atoms. The lowest BCUT2D eigenvalue weighted by Crippen LogP contribution is -2.31. The number of carbonyl (C=O) groups excluding carboxylic acids is 1.